The summed E-state index contributed by atoms with van der Waals surface area (Å²) in [6.07, 6.45) is 1.02. The minimum atomic E-state index is -0.358. The standard InChI is InChI=1S/C14H21FN2O2/c1-4-5-16-9-11-6-12(15)8-13(7-11)19-10-14(18)17(2)3/h6-8,16H,4-5,9-10H2,1-3H3. The Kier molecular flexibility index (Phi) is 6.29. The molecule has 0 aliphatic heterocycles. The van der Waals surface area contributed by atoms with E-state index in [0.29, 0.717) is 12.3 Å². The van der Waals surface area contributed by atoms with Gasteiger partial charge in [0.1, 0.15) is 11.6 Å². The van der Waals surface area contributed by atoms with E-state index in [1.807, 2.05) is 0 Å². The van der Waals surface area contributed by atoms with Gasteiger partial charge in [-0.05, 0) is 30.7 Å². The summed E-state index contributed by atoms with van der Waals surface area (Å²) >= 11 is 0. The average Bonchev–Trinajstić information content (AvgIpc) is 2.35. The molecule has 0 radical (unpaired) electrons. The van der Waals surface area contributed by atoms with Crippen molar-refractivity contribution in [1.29, 1.82) is 0 Å². The fourth-order valence-electron chi connectivity index (χ4n) is 1.49. The molecule has 106 valence electrons. The lowest BCUT2D eigenvalue weighted by Crippen LogP contribution is -2.27. The SMILES string of the molecule is CCCNCc1cc(F)cc(OCC(=O)N(C)C)c1. The number of ether oxygens (including phenoxy) is 1. The Labute approximate surface area is 113 Å². The topological polar surface area (TPSA) is 41.6 Å². The number of rotatable bonds is 7. The Hall–Kier alpha value is -1.62. The van der Waals surface area contributed by atoms with Crippen LogP contribution >= 0.6 is 0 Å². The zero-order chi connectivity index (χ0) is 14.3. The maximum absolute atomic E-state index is 13.4. The normalized spacial score (nSPS) is 10.3. The molecule has 0 unspecified atom stereocenters. The van der Waals surface area contributed by atoms with Crippen LogP contribution in [0.1, 0.15) is 18.9 Å². The van der Waals surface area contributed by atoms with Crippen LogP contribution in [0, 0.1) is 5.82 Å². The molecule has 1 aromatic carbocycles. The van der Waals surface area contributed by atoms with Crippen LogP contribution in [-0.4, -0.2) is 38.1 Å². The Balaban J connectivity index is 2.60. The molecule has 5 heteroatoms. The van der Waals surface area contributed by atoms with Gasteiger partial charge in [-0.2, -0.15) is 0 Å². The highest BCUT2D eigenvalue weighted by Crippen LogP contribution is 2.16. The van der Waals surface area contributed by atoms with Gasteiger partial charge in [0.15, 0.2) is 6.61 Å². The molecule has 1 N–H and O–H groups in total. The zero-order valence-electron chi connectivity index (χ0n) is 11.7. The van der Waals surface area contributed by atoms with Gasteiger partial charge in [0.2, 0.25) is 0 Å². The number of amides is 1. The lowest BCUT2D eigenvalue weighted by Gasteiger charge is -2.12. The molecule has 1 amide bonds. The molecule has 0 spiro atoms. The van der Waals surface area contributed by atoms with Gasteiger partial charge in [-0.15, -0.1) is 0 Å². The number of carbonyl (C=O) groups is 1. The molecule has 0 bridgehead atoms. The third kappa shape index (κ3) is 5.70. The molecule has 1 aromatic rings. The van der Waals surface area contributed by atoms with Crippen LogP contribution in [0.5, 0.6) is 5.75 Å². The van der Waals surface area contributed by atoms with Gasteiger partial charge < -0.3 is 15.0 Å². The van der Waals surface area contributed by atoms with E-state index in [1.54, 1.807) is 20.2 Å². The highest BCUT2D eigenvalue weighted by Gasteiger charge is 2.07. The largest absolute Gasteiger partial charge is 0.484 e. The molecule has 4 nitrogen and oxygen atoms in total. The van der Waals surface area contributed by atoms with E-state index >= 15 is 0 Å². The summed E-state index contributed by atoms with van der Waals surface area (Å²) in [5, 5.41) is 3.19. The van der Waals surface area contributed by atoms with Crippen molar-refractivity contribution in [3.63, 3.8) is 0 Å². The van der Waals surface area contributed by atoms with Crippen LogP contribution in [0.3, 0.4) is 0 Å². The Bertz CT molecular complexity index is 422. The van der Waals surface area contributed by atoms with E-state index in [0.717, 1.165) is 18.5 Å². The highest BCUT2D eigenvalue weighted by molar-refractivity contribution is 5.77. The molecule has 0 saturated carbocycles. The third-order valence-corrected chi connectivity index (χ3v) is 2.55. The molecule has 0 aliphatic rings. The van der Waals surface area contributed by atoms with Gasteiger partial charge in [0, 0.05) is 26.7 Å². The predicted octanol–water partition coefficient (Wildman–Crippen LogP) is 1.79. The number of benzene rings is 1. The van der Waals surface area contributed by atoms with Gasteiger partial charge in [0.25, 0.3) is 5.91 Å². The van der Waals surface area contributed by atoms with Crippen molar-refractivity contribution in [2.45, 2.75) is 19.9 Å². The fraction of sp³-hybridized carbons (Fsp3) is 0.500. The second kappa shape index (κ2) is 7.74. The monoisotopic (exact) mass is 268 g/mol. The van der Waals surface area contributed by atoms with Gasteiger partial charge in [-0.1, -0.05) is 6.92 Å². The molecular weight excluding hydrogens is 247 g/mol. The number of halogens is 1. The molecule has 19 heavy (non-hydrogen) atoms. The first-order valence-corrected chi connectivity index (χ1v) is 6.36. The number of nitrogens with one attached hydrogen (secondary N) is 1. The van der Waals surface area contributed by atoms with Crippen LogP contribution < -0.4 is 10.1 Å². The quantitative estimate of drug-likeness (QED) is 0.767. The van der Waals surface area contributed by atoms with Crippen molar-refractivity contribution < 1.29 is 13.9 Å². The summed E-state index contributed by atoms with van der Waals surface area (Å²) in [5.41, 5.74) is 0.806. The second-order valence-corrected chi connectivity index (χ2v) is 4.55. The second-order valence-electron chi connectivity index (χ2n) is 4.55. The molecular formula is C14H21FN2O2. The first-order chi connectivity index (χ1) is 9.02. The summed E-state index contributed by atoms with van der Waals surface area (Å²) in [6.45, 7) is 3.45. The van der Waals surface area contributed by atoms with Crippen molar-refractivity contribution >= 4 is 5.91 Å². The molecule has 0 saturated heterocycles. The molecule has 0 fully saturated rings. The minimum Gasteiger partial charge on any atom is -0.484 e. The smallest absolute Gasteiger partial charge is 0.259 e. The van der Waals surface area contributed by atoms with E-state index in [-0.39, 0.29) is 18.3 Å². The summed E-state index contributed by atoms with van der Waals surface area (Å²) in [5.74, 6) is -0.137. The molecule has 0 aliphatic carbocycles. The van der Waals surface area contributed by atoms with Gasteiger partial charge >= 0.3 is 0 Å². The lowest BCUT2D eigenvalue weighted by atomic mass is 10.2. The van der Waals surface area contributed by atoms with Crippen molar-refractivity contribution in [3.8, 4) is 5.75 Å². The van der Waals surface area contributed by atoms with E-state index in [2.05, 4.69) is 12.2 Å². The number of carbonyl (C=O) groups excluding carboxylic acids is 1. The molecule has 1 rings (SSSR count). The van der Waals surface area contributed by atoms with Crippen molar-refractivity contribution in [2.75, 3.05) is 27.2 Å². The Morgan fingerprint density at radius 1 is 1.37 bits per heavy atom. The van der Waals surface area contributed by atoms with Crippen molar-refractivity contribution in [3.05, 3.63) is 29.6 Å². The van der Waals surface area contributed by atoms with Gasteiger partial charge in [-0.25, -0.2) is 4.39 Å². The van der Waals surface area contributed by atoms with E-state index in [9.17, 15) is 9.18 Å². The van der Waals surface area contributed by atoms with Gasteiger partial charge in [0.05, 0.1) is 0 Å². The first kappa shape index (κ1) is 15.4. The maximum Gasteiger partial charge on any atom is 0.259 e. The third-order valence-electron chi connectivity index (χ3n) is 2.55. The highest BCUT2D eigenvalue weighted by atomic mass is 19.1. The van der Waals surface area contributed by atoms with Crippen LogP contribution in [0.4, 0.5) is 4.39 Å². The minimum absolute atomic E-state index is 0.0850. The number of hydrogen-bond acceptors (Lipinski definition) is 3. The molecule has 0 heterocycles. The number of likely N-dealkylation sites (N-methyl/N-ethyl adjacent to an activating group) is 1. The Morgan fingerprint density at radius 2 is 2.11 bits per heavy atom. The van der Waals surface area contributed by atoms with Crippen LogP contribution in [0.25, 0.3) is 0 Å². The first-order valence-electron chi connectivity index (χ1n) is 6.36. The summed E-state index contributed by atoms with van der Waals surface area (Å²) in [6, 6.07) is 4.49. The predicted molar refractivity (Wildman–Crippen MR) is 72.6 cm³/mol. The van der Waals surface area contributed by atoms with E-state index in [1.165, 1.54) is 17.0 Å². The van der Waals surface area contributed by atoms with Crippen molar-refractivity contribution in [1.82, 2.24) is 10.2 Å². The van der Waals surface area contributed by atoms with Crippen LogP contribution in [0.15, 0.2) is 18.2 Å². The van der Waals surface area contributed by atoms with Gasteiger partial charge in [-0.3, -0.25) is 4.79 Å². The van der Waals surface area contributed by atoms with Crippen molar-refractivity contribution in [2.24, 2.45) is 0 Å². The maximum atomic E-state index is 13.4. The average molecular weight is 268 g/mol. The Morgan fingerprint density at radius 3 is 2.74 bits per heavy atom. The van der Waals surface area contributed by atoms with E-state index < -0.39 is 0 Å². The number of nitrogens with zero attached hydrogens (tertiary/aromatic N) is 1. The zero-order valence-corrected chi connectivity index (χ0v) is 11.7. The number of hydrogen-bond donors (Lipinski definition) is 1. The van der Waals surface area contributed by atoms with E-state index in [4.69, 9.17) is 4.74 Å². The summed E-state index contributed by atoms with van der Waals surface area (Å²) in [4.78, 5) is 12.8. The molecule has 0 atom stereocenters. The van der Waals surface area contributed by atoms with Crippen LogP contribution in [0.2, 0.25) is 0 Å². The van der Waals surface area contributed by atoms with Crippen LogP contribution in [-0.2, 0) is 11.3 Å². The summed E-state index contributed by atoms with van der Waals surface area (Å²) in [7, 11) is 3.30. The molecule has 0 aromatic heterocycles. The lowest BCUT2D eigenvalue weighted by molar-refractivity contribution is -0.130. The summed E-state index contributed by atoms with van der Waals surface area (Å²) < 4.78 is 18.7. The fourth-order valence-corrected chi connectivity index (χ4v) is 1.49.